The number of carbonyl (C=O) groups excluding carboxylic acids is 2. The van der Waals surface area contributed by atoms with Gasteiger partial charge in [0.1, 0.15) is 23.9 Å². The van der Waals surface area contributed by atoms with E-state index in [1.54, 1.807) is 31.2 Å². The molecular formula is C28H30FN5O2. The van der Waals surface area contributed by atoms with E-state index in [2.05, 4.69) is 29.5 Å². The molecule has 0 bridgehead atoms. The van der Waals surface area contributed by atoms with E-state index in [0.29, 0.717) is 40.3 Å². The molecule has 0 aliphatic carbocycles. The molecule has 7 nitrogen and oxygen atoms in total. The van der Waals surface area contributed by atoms with E-state index in [-0.39, 0.29) is 12.5 Å². The number of nitrogens with zero attached hydrogens (tertiary/aromatic N) is 4. The van der Waals surface area contributed by atoms with Gasteiger partial charge in [0.2, 0.25) is 11.8 Å². The lowest BCUT2D eigenvalue weighted by Gasteiger charge is -2.32. The molecule has 8 heteroatoms. The third-order valence-electron chi connectivity index (χ3n) is 6.05. The summed E-state index contributed by atoms with van der Waals surface area (Å²) in [7, 11) is 0. The fraction of sp³-hybridized carbons (Fsp3) is 0.286. The van der Waals surface area contributed by atoms with Gasteiger partial charge in [0.05, 0.1) is 5.52 Å². The van der Waals surface area contributed by atoms with Gasteiger partial charge in [-0.1, -0.05) is 67.6 Å². The van der Waals surface area contributed by atoms with Gasteiger partial charge in [-0.3, -0.25) is 14.5 Å². The zero-order chi connectivity index (χ0) is 25.7. The molecular weight excluding hydrogens is 457 g/mol. The Hall–Kier alpha value is -4.07. The average Bonchev–Trinajstić information content (AvgIpc) is 3.27. The van der Waals surface area contributed by atoms with Gasteiger partial charge in [0, 0.05) is 12.2 Å². The van der Waals surface area contributed by atoms with Crippen LogP contribution in [0.25, 0.3) is 11.0 Å². The van der Waals surface area contributed by atoms with Crippen LogP contribution in [0.1, 0.15) is 37.4 Å². The van der Waals surface area contributed by atoms with Crippen LogP contribution in [-0.2, 0) is 16.1 Å². The fourth-order valence-corrected chi connectivity index (χ4v) is 4.04. The van der Waals surface area contributed by atoms with Crippen LogP contribution in [0.15, 0.2) is 72.8 Å². The van der Waals surface area contributed by atoms with E-state index in [9.17, 15) is 14.0 Å². The first-order valence-electron chi connectivity index (χ1n) is 12.0. The molecule has 4 rings (SSSR count). The van der Waals surface area contributed by atoms with Crippen molar-refractivity contribution in [2.45, 2.75) is 39.8 Å². The monoisotopic (exact) mass is 487 g/mol. The number of nitrogens with one attached hydrogen (secondary N) is 1. The number of halogens is 1. The van der Waals surface area contributed by atoms with Crippen LogP contribution in [0.5, 0.6) is 0 Å². The molecule has 0 unspecified atom stereocenters. The van der Waals surface area contributed by atoms with Crippen LogP contribution in [0.2, 0.25) is 0 Å². The second-order valence-corrected chi connectivity index (χ2v) is 9.22. The standard InChI is InChI=1S/C28H30FN5O2/c1-19(2)15-16-30-28(36)27(21-9-5-4-6-10-21)34(22-14-13-20(3)23(29)17-22)26(35)18-33-25-12-8-7-11-24(25)31-32-33/h4-14,17,19,27H,15-16,18H2,1-3H3,(H,30,36)/t27-/m0/s1. The number of aromatic nitrogens is 3. The van der Waals surface area contributed by atoms with E-state index in [0.717, 1.165) is 6.42 Å². The molecule has 1 atom stereocenters. The molecule has 0 radical (unpaired) electrons. The second-order valence-electron chi connectivity index (χ2n) is 9.22. The molecule has 1 N–H and O–H groups in total. The van der Waals surface area contributed by atoms with Crippen molar-refractivity contribution in [3.05, 3.63) is 89.7 Å². The lowest BCUT2D eigenvalue weighted by molar-refractivity contribution is -0.127. The van der Waals surface area contributed by atoms with Crippen LogP contribution in [0, 0.1) is 18.7 Å². The van der Waals surface area contributed by atoms with E-state index >= 15 is 0 Å². The van der Waals surface area contributed by atoms with Gasteiger partial charge < -0.3 is 5.32 Å². The SMILES string of the molecule is Cc1ccc(N(C(=O)Cn2nnc3ccccc32)[C@H](C(=O)NCCC(C)C)c2ccccc2)cc1F. The summed E-state index contributed by atoms with van der Waals surface area (Å²) in [6.07, 6.45) is 0.797. The van der Waals surface area contributed by atoms with Gasteiger partial charge in [-0.05, 0) is 54.7 Å². The van der Waals surface area contributed by atoms with Crippen molar-refractivity contribution < 1.29 is 14.0 Å². The van der Waals surface area contributed by atoms with Gasteiger partial charge in [-0.15, -0.1) is 5.10 Å². The van der Waals surface area contributed by atoms with Gasteiger partial charge in [0.15, 0.2) is 0 Å². The van der Waals surface area contributed by atoms with Crippen molar-refractivity contribution in [2.24, 2.45) is 5.92 Å². The molecule has 3 aromatic carbocycles. The second kappa shape index (κ2) is 11.1. The minimum absolute atomic E-state index is 0.168. The van der Waals surface area contributed by atoms with Gasteiger partial charge in [-0.25, -0.2) is 9.07 Å². The highest BCUT2D eigenvalue weighted by atomic mass is 19.1. The molecule has 186 valence electrons. The zero-order valence-corrected chi connectivity index (χ0v) is 20.7. The van der Waals surface area contributed by atoms with Crippen LogP contribution < -0.4 is 10.2 Å². The smallest absolute Gasteiger partial charge is 0.249 e. The van der Waals surface area contributed by atoms with Crippen LogP contribution in [0.3, 0.4) is 0 Å². The molecule has 1 heterocycles. The number of hydrogen-bond acceptors (Lipinski definition) is 4. The number of benzene rings is 3. The summed E-state index contributed by atoms with van der Waals surface area (Å²) in [5, 5.41) is 11.2. The molecule has 36 heavy (non-hydrogen) atoms. The van der Waals surface area contributed by atoms with Gasteiger partial charge in [0.25, 0.3) is 0 Å². The largest absolute Gasteiger partial charge is 0.354 e. The predicted octanol–water partition coefficient (Wildman–Crippen LogP) is 4.82. The molecule has 0 saturated carbocycles. The van der Waals surface area contributed by atoms with Crippen molar-refractivity contribution in [2.75, 3.05) is 11.4 Å². The average molecular weight is 488 g/mol. The zero-order valence-electron chi connectivity index (χ0n) is 20.7. The Morgan fingerprint density at radius 3 is 2.47 bits per heavy atom. The molecule has 0 fully saturated rings. The summed E-state index contributed by atoms with van der Waals surface area (Å²) in [6.45, 7) is 6.11. The van der Waals surface area contributed by atoms with E-state index in [1.807, 2.05) is 42.5 Å². The lowest BCUT2D eigenvalue weighted by Crippen LogP contribution is -2.45. The Morgan fingerprint density at radius 2 is 1.75 bits per heavy atom. The number of rotatable bonds is 9. The highest BCUT2D eigenvalue weighted by Gasteiger charge is 2.33. The molecule has 0 spiro atoms. The number of anilines is 1. The topological polar surface area (TPSA) is 80.1 Å². The van der Waals surface area contributed by atoms with Crippen molar-refractivity contribution >= 4 is 28.5 Å². The highest BCUT2D eigenvalue weighted by molar-refractivity contribution is 6.01. The normalized spacial score (nSPS) is 12.0. The van der Waals surface area contributed by atoms with Crippen molar-refractivity contribution in [3.8, 4) is 0 Å². The minimum Gasteiger partial charge on any atom is -0.354 e. The number of hydrogen-bond donors (Lipinski definition) is 1. The number of fused-ring (bicyclic) bond motifs is 1. The number of aryl methyl sites for hydroxylation is 1. The van der Waals surface area contributed by atoms with Crippen LogP contribution >= 0.6 is 0 Å². The first kappa shape index (κ1) is 25.0. The van der Waals surface area contributed by atoms with Gasteiger partial charge >= 0.3 is 0 Å². The third-order valence-corrected chi connectivity index (χ3v) is 6.05. The minimum atomic E-state index is -0.997. The summed E-state index contributed by atoms with van der Waals surface area (Å²) in [5.41, 5.74) is 2.71. The van der Waals surface area contributed by atoms with Crippen LogP contribution in [0.4, 0.5) is 10.1 Å². The van der Waals surface area contributed by atoms with E-state index in [1.165, 1.54) is 15.6 Å². The van der Waals surface area contributed by atoms with Crippen molar-refractivity contribution in [1.29, 1.82) is 0 Å². The Balaban J connectivity index is 1.77. The van der Waals surface area contributed by atoms with E-state index < -0.39 is 17.8 Å². The highest BCUT2D eigenvalue weighted by Crippen LogP contribution is 2.30. The summed E-state index contributed by atoms with van der Waals surface area (Å²) in [4.78, 5) is 28.8. The summed E-state index contributed by atoms with van der Waals surface area (Å²) in [5.74, 6) is -0.796. The molecule has 4 aromatic rings. The molecule has 0 aliphatic rings. The van der Waals surface area contributed by atoms with Crippen molar-refractivity contribution in [3.63, 3.8) is 0 Å². The number of carbonyl (C=O) groups is 2. The molecule has 2 amide bonds. The lowest BCUT2D eigenvalue weighted by atomic mass is 10.0. The summed E-state index contributed by atoms with van der Waals surface area (Å²) < 4.78 is 16.2. The van der Waals surface area contributed by atoms with E-state index in [4.69, 9.17) is 0 Å². The first-order valence-corrected chi connectivity index (χ1v) is 12.0. The maximum absolute atomic E-state index is 14.7. The van der Waals surface area contributed by atoms with Crippen molar-refractivity contribution in [1.82, 2.24) is 20.3 Å². The summed E-state index contributed by atoms with van der Waals surface area (Å²) in [6, 6.07) is 19.9. The Labute approximate surface area is 209 Å². The van der Waals surface area contributed by atoms with Gasteiger partial charge in [-0.2, -0.15) is 0 Å². The van der Waals surface area contributed by atoms with Crippen LogP contribution in [-0.4, -0.2) is 33.4 Å². The number of amides is 2. The molecule has 1 aromatic heterocycles. The Kier molecular flexibility index (Phi) is 7.73. The Bertz CT molecular complexity index is 1350. The Morgan fingerprint density at radius 1 is 1.03 bits per heavy atom. The number of para-hydroxylation sites is 1. The fourth-order valence-electron chi connectivity index (χ4n) is 4.04. The third kappa shape index (κ3) is 5.59. The maximum atomic E-state index is 14.7. The predicted molar refractivity (Wildman–Crippen MR) is 138 cm³/mol. The molecule has 0 aliphatic heterocycles. The summed E-state index contributed by atoms with van der Waals surface area (Å²) >= 11 is 0. The molecule has 0 saturated heterocycles. The quantitative estimate of drug-likeness (QED) is 0.367. The first-order chi connectivity index (χ1) is 17.3. The maximum Gasteiger partial charge on any atom is 0.249 e.